The Morgan fingerprint density at radius 1 is 1.00 bits per heavy atom. The lowest BCUT2D eigenvalue weighted by Crippen LogP contribution is -2.48. The van der Waals surface area contributed by atoms with Gasteiger partial charge in [0.2, 0.25) is 0 Å². The Labute approximate surface area is 162 Å². The van der Waals surface area contributed by atoms with E-state index in [1.807, 2.05) is 18.2 Å². The van der Waals surface area contributed by atoms with Gasteiger partial charge in [0.05, 0.1) is 5.56 Å². The Morgan fingerprint density at radius 2 is 1.74 bits per heavy atom. The molecule has 1 fully saturated rings. The number of hydrogen-bond acceptors (Lipinski definition) is 4. The maximum Gasteiger partial charge on any atom is 0.256 e. The number of carbonyl (C=O) groups excluding carboxylic acids is 1. The Hall–Kier alpha value is -2.31. The number of halogens is 2. The van der Waals surface area contributed by atoms with Crippen LogP contribution < -0.4 is 9.47 Å². The molecule has 2 aromatic carbocycles. The Morgan fingerprint density at radius 3 is 2.52 bits per heavy atom. The van der Waals surface area contributed by atoms with Gasteiger partial charge in [0.1, 0.15) is 19.0 Å². The van der Waals surface area contributed by atoms with Crippen LogP contribution in [-0.2, 0) is 6.54 Å². The number of benzene rings is 2. The number of carbonyl (C=O) groups is 1. The second-order valence-electron chi connectivity index (χ2n) is 6.67. The summed E-state index contributed by atoms with van der Waals surface area (Å²) >= 11 is 5.90. The van der Waals surface area contributed by atoms with E-state index in [4.69, 9.17) is 21.1 Å². The predicted octanol–water partition coefficient (Wildman–Crippen LogP) is 3.21. The second-order valence-corrected chi connectivity index (χ2v) is 7.11. The van der Waals surface area contributed by atoms with Gasteiger partial charge < -0.3 is 14.4 Å². The van der Waals surface area contributed by atoms with Crippen molar-refractivity contribution >= 4 is 17.5 Å². The molecule has 142 valence electrons. The van der Waals surface area contributed by atoms with Crippen LogP contribution in [0, 0.1) is 5.82 Å². The maximum absolute atomic E-state index is 13.9. The molecule has 27 heavy (non-hydrogen) atoms. The van der Waals surface area contributed by atoms with E-state index in [2.05, 4.69) is 4.90 Å². The minimum Gasteiger partial charge on any atom is -0.486 e. The Balaban J connectivity index is 1.36. The molecule has 7 heteroatoms. The highest BCUT2D eigenvalue weighted by molar-refractivity contribution is 6.31. The van der Waals surface area contributed by atoms with Crippen LogP contribution in [0.4, 0.5) is 4.39 Å². The molecule has 0 bridgehead atoms. The summed E-state index contributed by atoms with van der Waals surface area (Å²) in [6.45, 7) is 4.46. The zero-order valence-corrected chi connectivity index (χ0v) is 15.5. The van der Waals surface area contributed by atoms with Crippen LogP contribution in [-0.4, -0.2) is 55.1 Å². The molecule has 2 heterocycles. The zero-order valence-electron chi connectivity index (χ0n) is 14.8. The van der Waals surface area contributed by atoms with Gasteiger partial charge in [0, 0.05) is 37.7 Å². The van der Waals surface area contributed by atoms with Crippen molar-refractivity contribution in [3.8, 4) is 11.5 Å². The number of piperazine rings is 1. The summed E-state index contributed by atoms with van der Waals surface area (Å²) in [6, 6.07) is 10.0. The topological polar surface area (TPSA) is 42.0 Å². The summed E-state index contributed by atoms with van der Waals surface area (Å²) in [5, 5.41) is 0.358. The van der Waals surface area contributed by atoms with Crippen molar-refractivity contribution in [1.29, 1.82) is 0 Å². The standard InChI is InChI=1S/C20H20ClFN2O3/c21-15-2-3-17(22)16(12-15)20(25)24-7-5-23(6-8-24)13-14-1-4-18-19(11-14)27-10-9-26-18/h1-4,11-12H,5-10,13H2. The Kier molecular flexibility index (Phi) is 5.18. The average Bonchev–Trinajstić information content (AvgIpc) is 2.70. The molecule has 5 nitrogen and oxygen atoms in total. The van der Waals surface area contributed by atoms with Crippen LogP contribution in [0.15, 0.2) is 36.4 Å². The highest BCUT2D eigenvalue weighted by Crippen LogP contribution is 2.31. The van der Waals surface area contributed by atoms with Gasteiger partial charge >= 0.3 is 0 Å². The van der Waals surface area contributed by atoms with Crippen molar-refractivity contribution in [1.82, 2.24) is 9.80 Å². The molecule has 0 spiro atoms. The van der Waals surface area contributed by atoms with Gasteiger partial charge in [-0.15, -0.1) is 0 Å². The highest BCUT2D eigenvalue weighted by atomic mass is 35.5. The molecule has 2 aromatic rings. The minimum absolute atomic E-state index is 0.0304. The summed E-state index contributed by atoms with van der Waals surface area (Å²) in [5.74, 6) is 0.713. The highest BCUT2D eigenvalue weighted by Gasteiger charge is 2.24. The molecule has 0 radical (unpaired) electrons. The molecule has 4 rings (SSSR count). The first kappa shape index (κ1) is 18.1. The number of amides is 1. The first-order chi connectivity index (χ1) is 13.1. The van der Waals surface area contributed by atoms with Crippen molar-refractivity contribution in [2.45, 2.75) is 6.54 Å². The van der Waals surface area contributed by atoms with Gasteiger partial charge in [0.25, 0.3) is 5.91 Å². The summed E-state index contributed by atoms with van der Waals surface area (Å²) in [4.78, 5) is 16.5. The van der Waals surface area contributed by atoms with Crippen molar-refractivity contribution in [2.75, 3.05) is 39.4 Å². The van der Waals surface area contributed by atoms with E-state index in [9.17, 15) is 9.18 Å². The average molecular weight is 391 g/mol. The molecule has 0 unspecified atom stereocenters. The zero-order chi connectivity index (χ0) is 18.8. The van der Waals surface area contributed by atoms with Crippen molar-refractivity contribution in [3.63, 3.8) is 0 Å². The van der Waals surface area contributed by atoms with E-state index in [1.54, 1.807) is 4.90 Å². The molecule has 0 aromatic heterocycles. The van der Waals surface area contributed by atoms with Gasteiger partial charge in [-0.25, -0.2) is 4.39 Å². The van der Waals surface area contributed by atoms with Gasteiger partial charge in [-0.05, 0) is 35.9 Å². The monoisotopic (exact) mass is 390 g/mol. The molecular formula is C20H20ClFN2O3. The number of nitrogens with zero attached hydrogens (tertiary/aromatic N) is 2. The van der Waals surface area contributed by atoms with Gasteiger partial charge in [0.15, 0.2) is 11.5 Å². The molecule has 2 aliphatic rings. The number of ether oxygens (including phenoxy) is 2. The lowest BCUT2D eigenvalue weighted by atomic mass is 10.1. The third-order valence-electron chi connectivity index (χ3n) is 4.83. The van der Waals surface area contributed by atoms with Crippen LogP contribution in [0.2, 0.25) is 5.02 Å². The van der Waals surface area contributed by atoms with Crippen molar-refractivity contribution in [3.05, 3.63) is 58.4 Å². The van der Waals surface area contributed by atoms with Crippen LogP contribution in [0.3, 0.4) is 0 Å². The molecule has 2 aliphatic heterocycles. The maximum atomic E-state index is 13.9. The molecule has 0 saturated carbocycles. The number of hydrogen-bond donors (Lipinski definition) is 0. The number of fused-ring (bicyclic) bond motifs is 1. The summed E-state index contributed by atoms with van der Waals surface area (Å²) in [6.07, 6.45) is 0. The van der Waals surface area contributed by atoms with Crippen molar-refractivity contribution in [2.24, 2.45) is 0 Å². The van der Waals surface area contributed by atoms with E-state index in [0.29, 0.717) is 31.3 Å². The molecule has 0 atom stereocenters. The molecular weight excluding hydrogens is 371 g/mol. The van der Waals surface area contributed by atoms with Crippen molar-refractivity contribution < 1.29 is 18.7 Å². The van der Waals surface area contributed by atoms with Gasteiger partial charge in [-0.2, -0.15) is 0 Å². The lowest BCUT2D eigenvalue weighted by Gasteiger charge is -2.35. The van der Waals surface area contributed by atoms with E-state index in [-0.39, 0.29) is 11.5 Å². The molecule has 1 saturated heterocycles. The van der Waals surface area contributed by atoms with E-state index in [1.165, 1.54) is 18.2 Å². The Bertz CT molecular complexity index is 853. The molecule has 0 aliphatic carbocycles. The lowest BCUT2D eigenvalue weighted by molar-refractivity contribution is 0.0623. The fourth-order valence-electron chi connectivity index (χ4n) is 3.39. The first-order valence-corrected chi connectivity index (χ1v) is 9.33. The minimum atomic E-state index is -0.539. The van der Waals surface area contributed by atoms with Gasteiger partial charge in [-0.1, -0.05) is 17.7 Å². The SMILES string of the molecule is O=C(c1cc(Cl)ccc1F)N1CCN(Cc2ccc3c(c2)OCCO3)CC1. The summed E-state index contributed by atoms with van der Waals surface area (Å²) in [5.41, 5.74) is 1.17. The van der Waals surface area contributed by atoms with Crippen LogP contribution >= 0.6 is 11.6 Å². The third kappa shape index (κ3) is 4.01. The molecule has 1 amide bonds. The van der Waals surface area contributed by atoms with Gasteiger partial charge in [-0.3, -0.25) is 9.69 Å². The number of rotatable bonds is 3. The quantitative estimate of drug-likeness (QED) is 0.807. The third-order valence-corrected chi connectivity index (χ3v) is 5.07. The summed E-state index contributed by atoms with van der Waals surface area (Å²) < 4.78 is 25.1. The fraction of sp³-hybridized carbons (Fsp3) is 0.350. The van der Waals surface area contributed by atoms with Crippen LogP contribution in [0.5, 0.6) is 11.5 Å². The van der Waals surface area contributed by atoms with E-state index >= 15 is 0 Å². The second kappa shape index (κ2) is 7.74. The fourth-order valence-corrected chi connectivity index (χ4v) is 3.56. The molecule has 0 N–H and O–H groups in total. The smallest absolute Gasteiger partial charge is 0.256 e. The predicted molar refractivity (Wildman–Crippen MR) is 100 cm³/mol. The van der Waals surface area contributed by atoms with Crippen LogP contribution in [0.25, 0.3) is 0 Å². The summed E-state index contributed by atoms with van der Waals surface area (Å²) in [7, 11) is 0. The van der Waals surface area contributed by atoms with Crippen LogP contribution in [0.1, 0.15) is 15.9 Å². The van der Waals surface area contributed by atoms with E-state index < -0.39 is 5.82 Å². The van der Waals surface area contributed by atoms with E-state index in [0.717, 1.165) is 36.7 Å². The largest absolute Gasteiger partial charge is 0.486 e. The normalized spacial score (nSPS) is 17.0. The first-order valence-electron chi connectivity index (χ1n) is 8.95.